The van der Waals surface area contributed by atoms with Gasteiger partial charge in [0.1, 0.15) is 0 Å². The lowest BCUT2D eigenvalue weighted by Crippen LogP contribution is -2.27. The Morgan fingerprint density at radius 2 is 2.08 bits per heavy atom. The summed E-state index contributed by atoms with van der Waals surface area (Å²) in [5.41, 5.74) is 0. The quantitative estimate of drug-likeness (QED) is 0.596. The minimum Gasteiger partial charge on any atom is -0.385 e. The highest BCUT2D eigenvalue weighted by Gasteiger charge is 2.07. The highest BCUT2D eigenvalue weighted by molar-refractivity contribution is 7.89. The van der Waals surface area contributed by atoms with E-state index in [9.17, 15) is 8.42 Å². The smallest absolute Gasteiger partial charge is 0.211 e. The molecule has 4 nitrogen and oxygen atoms in total. The minimum absolute atomic E-state index is 0.154. The first-order chi connectivity index (χ1) is 5.62. The molecule has 0 spiro atoms. The zero-order valence-electron chi connectivity index (χ0n) is 7.67. The fourth-order valence-electron chi connectivity index (χ4n) is 0.723. The Balaban J connectivity index is 3.58. The summed E-state index contributed by atoms with van der Waals surface area (Å²) in [4.78, 5) is 0. The number of ether oxygens (including phenoxy) is 1. The van der Waals surface area contributed by atoms with Crippen LogP contribution in [0, 0.1) is 0 Å². The first-order valence-corrected chi connectivity index (χ1v) is 5.74. The molecule has 0 bridgehead atoms. The van der Waals surface area contributed by atoms with Crippen molar-refractivity contribution in [2.24, 2.45) is 0 Å². The van der Waals surface area contributed by atoms with Gasteiger partial charge in [-0.05, 0) is 12.8 Å². The number of methoxy groups -OCH3 is 1. The fraction of sp³-hybridized carbons (Fsp3) is 1.00. The summed E-state index contributed by atoms with van der Waals surface area (Å²) in [5.74, 6) is 0.154. The molecule has 0 rings (SSSR count). The van der Waals surface area contributed by atoms with Crippen molar-refractivity contribution < 1.29 is 13.2 Å². The summed E-state index contributed by atoms with van der Waals surface area (Å²) in [7, 11) is -1.48. The maximum absolute atomic E-state index is 11.1. The lowest BCUT2D eigenvalue weighted by atomic mass is 10.5. The molecule has 0 unspecified atom stereocenters. The summed E-state index contributed by atoms with van der Waals surface area (Å²) in [6.45, 7) is 2.94. The van der Waals surface area contributed by atoms with E-state index in [-0.39, 0.29) is 5.75 Å². The van der Waals surface area contributed by atoms with Gasteiger partial charge in [0.15, 0.2) is 0 Å². The van der Waals surface area contributed by atoms with E-state index in [2.05, 4.69) is 4.72 Å². The Morgan fingerprint density at radius 3 is 2.58 bits per heavy atom. The number of sulfonamides is 1. The van der Waals surface area contributed by atoms with Gasteiger partial charge in [0.2, 0.25) is 10.0 Å². The molecule has 0 atom stereocenters. The minimum atomic E-state index is -3.05. The van der Waals surface area contributed by atoms with Crippen LogP contribution in [-0.4, -0.2) is 34.4 Å². The normalized spacial score (nSPS) is 11.8. The molecular weight excluding hydrogens is 178 g/mol. The van der Waals surface area contributed by atoms with Crippen LogP contribution < -0.4 is 4.72 Å². The Hall–Kier alpha value is -0.130. The SMILES string of the molecule is CCCNS(=O)(=O)CCCOC. The van der Waals surface area contributed by atoms with Crippen molar-refractivity contribution >= 4 is 10.0 Å². The van der Waals surface area contributed by atoms with Gasteiger partial charge in [-0.1, -0.05) is 6.92 Å². The first-order valence-electron chi connectivity index (χ1n) is 4.08. The third-order valence-corrected chi connectivity index (χ3v) is 2.80. The molecule has 5 heteroatoms. The van der Waals surface area contributed by atoms with E-state index in [1.165, 1.54) is 0 Å². The van der Waals surface area contributed by atoms with Crippen LogP contribution in [0.1, 0.15) is 19.8 Å². The summed E-state index contributed by atoms with van der Waals surface area (Å²) < 4.78 is 29.4. The number of nitrogens with one attached hydrogen (secondary N) is 1. The van der Waals surface area contributed by atoms with E-state index < -0.39 is 10.0 Å². The van der Waals surface area contributed by atoms with Gasteiger partial charge in [-0.25, -0.2) is 13.1 Å². The molecule has 0 aromatic rings. The third-order valence-electron chi connectivity index (χ3n) is 1.33. The molecular formula is C7H17NO3S. The third kappa shape index (κ3) is 6.57. The van der Waals surface area contributed by atoms with E-state index in [4.69, 9.17) is 4.74 Å². The fourth-order valence-corrected chi connectivity index (χ4v) is 1.88. The topological polar surface area (TPSA) is 55.4 Å². The average Bonchev–Trinajstić information content (AvgIpc) is 2.01. The molecule has 0 saturated carbocycles. The summed E-state index contributed by atoms with van der Waals surface area (Å²) in [6.07, 6.45) is 1.37. The van der Waals surface area contributed by atoms with Crippen molar-refractivity contribution in [2.45, 2.75) is 19.8 Å². The van der Waals surface area contributed by atoms with Gasteiger partial charge in [-0.15, -0.1) is 0 Å². The standard InChI is InChI=1S/C7H17NO3S/c1-3-5-8-12(9,10)7-4-6-11-2/h8H,3-7H2,1-2H3. The number of rotatable bonds is 7. The molecule has 0 fully saturated rings. The predicted molar refractivity (Wildman–Crippen MR) is 48.6 cm³/mol. The Bertz CT molecular complexity index is 189. The second-order valence-corrected chi connectivity index (χ2v) is 4.49. The molecule has 0 aromatic heterocycles. The first kappa shape index (κ1) is 11.9. The Morgan fingerprint density at radius 1 is 1.42 bits per heavy atom. The van der Waals surface area contributed by atoms with Crippen LogP contribution >= 0.6 is 0 Å². The van der Waals surface area contributed by atoms with E-state index in [1.807, 2.05) is 6.92 Å². The highest BCUT2D eigenvalue weighted by atomic mass is 32.2. The number of hydrogen-bond acceptors (Lipinski definition) is 3. The zero-order valence-corrected chi connectivity index (χ0v) is 8.49. The largest absolute Gasteiger partial charge is 0.385 e. The van der Waals surface area contributed by atoms with Crippen LogP contribution in [0.4, 0.5) is 0 Å². The van der Waals surface area contributed by atoms with Crippen LogP contribution in [-0.2, 0) is 14.8 Å². The second kappa shape index (κ2) is 6.39. The molecule has 0 amide bonds. The molecule has 0 aliphatic rings. The summed E-state index contributed by atoms with van der Waals surface area (Å²) in [6, 6.07) is 0. The second-order valence-electron chi connectivity index (χ2n) is 2.56. The van der Waals surface area contributed by atoms with E-state index in [0.717, 1.165) is 6.42 Å². The lowest BCUT2D eigenvalue weighted by Gasteiger charge is -2.04. The van der Waals surface area contributed by atoms with Gasteiger partial charge in [0, 0.05) is 20.3 Å². The zero-order chi connectivity index (χ0) is 9.45. The maximum atomic E-state index is 11.1. The molecule has 0 radical (unpaired) electrons. The molecule has 0 aromatic carbocycles. The van der Waals surface area contributed by atoms with Crippen LogP contribution in [0.3, 0.4) is 0 Å². The van der Waals surface area contributed by atoms with Gasteiger partial charge in [-0.3, -0.25) is 0 Å². The van der Waals surface area contributed by atoms with E-state index >= 15 is 0 Å². The van der Waals surface area contributed by atoms with Crippen molar-refractivity contribution in [3.8, 4) is 0 Å². The molecule has 12 heavy (non-hydrogen) atoms. The highest BCUT2D eigenvalue weighted by Crippen LogP contribution is 1.90. The Labute approximate surface area is 74.4 Å². The van der Waals surface area contributed by atoms with Gasteiger partial charge >= 0.3 is 0 Å². The van der Waals surface area contributed by atoms with Crippen LogP contribution in [0.25, 0.3) is 0 Å². The number of hydrogen-bond donors (Lipinski definition) is 1. The summed E-state index contributed by atoms with van der Waals surface area (Å²) >= 11 is 0. The van der Waals surface area contributed by atoms with E-state index in [0.29, 0.717) is 19.6 Å². The van der Waals surface area contributed by atoms with Gasteiger partial charge < -0.3 is 4.74 Å². The molecule has 0 aliphatic carbocycles. The van der Waals surface area contributed by atoms with Crippen molar-refractivity contribution in [3.05, 3.63) is 0 Å². The Kier molecular flexibility index (Phi) is 6.32. The van der Waals surface area contributed by atoms with Crippen LogP contribution in [0.5, 0.6) is 0 Å². The molecule has 0 aliphatic heterocycles. The monoisotopic (exact) mass is 195 g/mol. The average molecular weight is 195 g/mol. The molecule has 0 saturated heterocycles. The van der Waals surface area contributed by atoms with Gasteiger partial charge in [-0.2, -0.15) is 0 Å². The van der Waals surface area contributed by atoms with Crippen molar-refractivity contribution in [3.63, 3.8) is 0 Å². The molecule has 0 heterocycles. The molecule has 1 N–H and O–H groups in total. The van der Waals surface area contributed by atoms with Crippen LogP contribution in [0.15, 0.2) is 0 Å². The maximum Gasteiger partial charge on any atom is 0.211 e. The molecule has 74 valence electrons. The van der Waals surface area contributed by atoms with Crippen LogP contribution in [0.2, 0.25) is 0 Å². The summed E-state index contributed by atoms with van der Waals surface area (Å²) in [5, 5.41) is 0. The van der Waals surface area contributed by atoms with Gasteiger partial charge in [0.25, 0.3) is 0 Å². The van der Waals surface area contributed by atoms with E-state index in [1.54, 1.807) is 7.11 Å². The van der Waals surface area contributed by atoms with Crippen molar-refractivity contribution in [2.75, 3.05) is 26.0 Å². The predicted octanol–water partition coefficient (Wildman–Crippen LogP) is 0.352. The lowest BCUT2D eigenvalue weighted by molar-refractivity contribution is 0.199. The van der Waals surface area contributed by atoms with Crippen molar-refractivity contribution in [1.82, 2.24) is 4.72 Å². The van der Waals surface area contributed by atoms with Crippen molar-refractivity contribution in [1.29, 1.82) is 0 Å². The van der Waals surface area contributed by atoms with Gasteiger partial charge in [0.05, 0.1) is 5.75 Å².